The number of aliphatic imine (C=N–C) groups is 1. The summed E-state index contributed by atoms with van der Waals surface area (Å²) in [5.41, 5.74) is -4.25. The van der Waals surface area contributed by atoms with Crippen molar-refractivity contribution < 1.29 is 21.6 Å². The van der Waals surface area contributed by atoms with Gasteiger partial charge in [-0.3, -0.25) is 4.99 Å². The van der Waals surface area contributed by atoms with Gasteiger partial charge in [-0.05, 0) is 12.8 Å². The number of halogens is 4. The van der Waals surface area contributed by atoms with Gasteiger partial charge in [0.15, 0.2) is 5.96 Å². The standard InChI is InChI=1S/C16H26F3N5O2S2.HI/c1-11(2)14-22-13(10-27-14)4-7-21-15(20-3)23-12-5-8-24(9-6-12)28(25,26)16(17,18)19;/h10-12H,4-9H2,1-3H3,(H2,20,21,23);1H. The van der Waals surface area contributed by atoms with E-state index >= 15 is 0 Å². The second-order valence-corrected chi connectivity index (χ2v) is 9.67. The predicted octanol–water partition coefficient (Wildman–Crippen LogP) is 2.91. The highest BCUT2D eigenvalue weighted by atomic mass is 127. The van der Waals surface area contributed by atoms with Gasteiger partial charge in [0, 0.05) is 50.4 Å². The lowest BCUT2D eigenvalue weighted by molar-refractivity contribution is -0.0494. The molecule has 1 saturated heterocycles. The average molecular weight is 569 g/mol. The summed E-state index contributed by atoms with van der Waals surface area (Å²) in [7, 11) is -3.64. The minimum atomic E-state index is -5.25. The normalized spacial score (nSPS) is 17.3. The SMILES string of the molecule is CN=C(NCCc1csc(C(C)C)n1)NC1CCN(S(=O)(=O)C(F)(F)F)CC1.I. The molecule has 29 heavy (non-hydrogen) atoms. The summed E-state index contributed by atoms with van der Waals surface area (Å²) in [6, 6.07) is -0.141. The van der Waals surface area contributed by atoms with E-state index in [-0.39, 0.29) is 55.9 Å². The third-order valence-corrected chi connectivity index (χ3v) is 7.21. The molecule has 1 aromatic rings. The van der Waals surface area contributed by atoms with Crippen LogP contribution in [0.15, 0.2) is 10.4 Å². The number of hydrogen-bond acceptors (Lipinski definition) is 5. The van der Waals surface area contributed by atoms with Crippen molar-refractivity contribution in [3.8, 4) is 0 Å². The van der Waals surface area contributed by atoms with Crippen LogP contribution in [0.4, 0.5) is 13.2 Å². The summed E-state index contributed by atoms with van der Waals surface area (Å²) in [6.07, 6.45) is 1.28. The lowest BCUT2D eigenvalue weighted by atomic mass is 10.1. The number of nitrogens with zero attached hydrogens (tertiary/aromatic N) is 3. The summed E-state index contributed by atoms with van der Waals surface area (Å²) < 4.78 is 61.3. The van der Waals surface area contributed by atoms with Crippen molar-refractivity contribution in [3.63, 3.8) is 0 Å². The van der Waals surface area contributed by atoms with Gasteiger partial charge >= 0.3 is 15.5 Å². The fraction of sp³-hybridized carbons (Fsp3) is 0.750. The van der Waals surface area contributed by atoms with Crippen LogP contribution in [0.1, 0.15) is 43.3 Å². The van der Waals surface area contributed by atoms with E-state index in [1.165, 1.54) is 0 Å². The molecular weight excluding hydrogens is 542 g/mol. The van der Waals surface area contributed by atoms with E-state index in [0.717, 1.165) is 17.1 Å². The quantitative estimate of drug-likeness (QED) is 0.313. The maximum Gasteiger partial charge on any atom is 0.511 e. The van der Waals surface area contributed by atoms with Crippen molar-refractivity contribution >= 4 is 51.3 Å². The summed E-state index contributed by atoms with van der Waals surface area (Å²) in [5, 5.41) is 9.43. The van der Waals surface area contributed by atoms with Crippen LogP contribution < -0.4 is 10.6 Å². The van der Waals surface area contributed by atoms with Gasteiger partial charge < -0.3 is 10.6 Å². The zero-order valence-electron chi connectivity index (χ0n) is 16.5. The molecule has 1 fully saturated rings. The van der Waals surface area contributed by atoms with Gasteiger partial charge in [0.05, 0.1) is 10.7 Å². The van der Waals surface area contributed by atoms with Crippen LogP contribution in [0.2, 0.25) is 0 Å². The van der Waals surface area contributed by atoms with Crippen LogP contribution in [-0.2, 0) is 16.4 Å². The maximum absolute atomic E-state index is 12.6. The van der Waals surface area contributed by atoms with E-state index in [4.69, 9.17) is 0 Å². The molecule has 0 aliphatic carbocycles. The van der Waals surface area contributed by atoms with Gasteiger partial charge in [0.2, 0.25) is 0 Å². The Balaban J connectivity index is 0.00000420. The Morgan fingerprint density at radius 3 is 2.48 bits per heavy atom. The first-order valence-electron chi connectivity index (χ1n) is 9.02. The second-order valence-electron chi connectivity index (χ2n) is 6.85. The fourth-order valence-electron chi connectivity index (χ4n) is 2.79. The first-order chi connectivity index (χ1) is 13.0. The topological polar surface area (TPSA) is 86.7 Å². The lowest BCUT2D eigenvalue weighted by Gasteiger charge is -2.32. The number of thiazole rings is 1. The zero-order chi connectivity index (χ0) is 20.9. The van der Waals surface area contributed by atoms with E-state index in [0.29, 0.717) is 22.7 Å². The first-order valence-corrected chi connectivity index (χ1v) is 11.3. The summed E-state index contributed by atoms with van der Waals surface area (Å²) in [5.74, 6) is 0.935. The molecule has 2 heterocycles. The van der Waals surface area contributed by atoms with Crippen molar-refractivity contribution in [2.75, 3.05) is 26.7 Å². The van der Waals surface area contributed by atoms with Gasteiger partial charge in [-0.2, -0.15) is 17.5 Å². The number of alkyl halides is 3. The van der Waals surface area contributed by atoms with Crippen LogP contribution >= 0.6 is 35.3 Å². The Morgan fingerprint density at radius 1 is 1.38 bits per heavy atom. The zero-order valence-corrected chi connectivity index (χ0v) is 20.5. The van der Waals surface area contributed by atoms with Crippen LogP contribution in [0, 0.1) is 0 Å². The van der Waals surface area contributed by atoms with E-state index in [2.05, 4.69) is 34.5 Å². The number of hydrogen-bond donors (Lipinski definition) is 2. The van der Waals surface area contributed by atoms with Crippen LogP contribution in [0.5, 0.6) is 0 Å². The Morgan fingerprint density at radius 2 is 2.00 bits per heavy atom. The first kappa shape index (κ1) is 26.4. The third-order valence-electron chi connectivity index (χ3n) is 4.39. The van der Waals surface area contributed by atoms with Gasteiger partial charge in [-0.1, -0.05) is 13.8 Å². The van der Waals surface area contributed by atoms with E-state index < -0.39 is 15.5 Å². The monoisotopic (exact) mass is 569 g/mol. The molecule has 0 radical (unpaired) electrons. The molecule has 0 saturated carbocycles. The Hall–Kier alpha value is -0.670. The van der Waals surface area contributed by atoms with Gasteiger partial charge in [0.25, 0.3) is 0 Å². The number of sulfonamides is 1. The molecule has 0 bridgehead atoms. The van der Waals surface area contributed by atoms with Gasteiger partial charge in [-0.25, -0.2) is 13.4 Å². The van der Waals surface area contributed by atoms with Crippen molar-refractivity contribution in [2.24, 2.45) is 4.99 Å². The minimum Gasteiger partial charge on any atom is -0.356 e. The Labute approximate surface area is 190 Å². The van der Waals surface area contributed by atoms with Crippen molar-refractivity contribution in [1.29, 1.82) is 0 Å². The van der Waals surface area contributed by atoms with Gasteiger partial charge in [0.1, 0.15) is 0 Å². The van der Waals surface area contributed by atoms with Crippen LogP contribution in [0.25, 0.3) is 0 Å². The highest BCUT2D eigenvalue weighted by Crippen LogP contribution is 2.28. The predicted molar refractivity (Wildman–Crippen MR) is 119 cm³/mol. The second kappa shape index (κ2) is 11.1. The maximum atomic E-state index is 12.6. The van der Waals surface area contributed by atoms with Crippen molar-refractivity contribution in [3.05, 3.63) is 16.1 Å². The molecule has 1 aromatic heterocycles. The number of aromatic nitrogens is 1. The van der Waals surface area contributed by atoms with Gasteiger partial charge in [-0.15, -0.1) is 35.3 Å². The Bertz CT molecular complexity index is 776. The van der Waals surface area contributed by atoms with E-state index in [1.54, 1.807) is 18.4 Å². The molecule has 0 atom stereocenters. The largest absolute Gasteiger partial charge is 0.511 e. The van der Waals surface area contributed by atoms with E-state index in [1.807, 2.05) is 5.38 Å². The van der Waals surface area contributed by atoms with E-state index in [9.17, 15) is 21.6 Å². The number of piperidine rings is 1. The number of guanidine groups is 1. The summed E-state index contributed by atoms with van der Waals surface area (Å²) >= 11 is 1.64. The molecule has 2 N–H and O–H groups in total. The number of nitrogens with one attached hydrogen (secondary N) is 2. The van der Waals surface area contributed by atoms with Crippen molar-refractivity contribution in [2.45, 2.75) is 50.6 Å². The molecule has 13 heteroatoms. The highest BCUT2D eigenvalue weighted by Gasteiger charge is 2.50. The summed E-state index contributed by atoms with van der Waals surface area (Å²) in [6.45, 7) is 4.46. The minimum absolute atomic E-state index is 0. The summed E-state index contributed by atoms with van der Waals surface area (Å²) in [4.78, 5) is 8.68. The molecular formula is C16H27F3IN5O2S2. The molecule has 2 rings (SSSR count). The molecule has 0 unspecified atom stereocenters. The third kappa shape index (κ3) is 7.21. The van der Waals surface area contributed by atoms with Crippen molar-refractivity contribution in [1.82, 2.24) is 19.9 Å². The Kier molecular flexibility index (Phi) is 10.1. The smallest absolute Gasteiger partial charge is 0.356 e. The highest BCUT2D eigenvalue weighted by molar-refractivity contribution is 14.0. The molecule has 1 aliphatic rings. The molecule has 168 valence electrons. The molecule has 7 nitrogen and oxygen atoms in total. The molecule has 0 aromatic carbocycles. The number of rotatable bonds is 6. The van der Waals surface area contributed by atoms with Crippen LogP contribution in [0.3, 0.4) is 0 Å². The molecule has 0 spiro atoms. The lowest BCUT2D eigenvalue weighted by Crippen LogP contribution is -2.51. The fourth-order valence-corrected chi connectivity index (χ4v) is 4.64. The molecule has 0 amide bonds. The van der Waals surface area contributed by atoms with Crippen LogP contribution in [-0.4, -0.2) is 61.9 Å². The average Bonchev–Trinajstić information content (AvgIpc) is 3.09. The molecule has 1 aliphatic heterocycles.